The van der Waals surface area contributed by atoms with Crippen molar-refractivity contribution in [2.75, 3.05) is 33.2 Å². The molecule has 28 heavy (non-hydrogen) atoms. The van der Waals surface area contributed by atoms with E-state index in [1.807, 2.05) is 0 Å². The molecule has 0 radical (unpaired) electrons. The van der Waals surface area contributed by atoms with Crippen LogP contribution in [0.3, 0.4) is 0 Å². The minimum atomic E-state index is -0.350. The maximum Gasteiger partial charge on any atom is 0.255 e. The third kappa shape index (κ3) is 5.16. The number of carbonyl (C=O) groups excluding carboxylic acids is 2. The number of rotatable bonds is 9. The lowest BCUT2D eigenvalue weighted by Gasteiger charge is -2.14. The third-order valence-electron chi connectivity index (χ3n) is 4.13. The molecular weight excluding hydrogens is 360 g/mol. The number of nitrogens with one attached hydrogen (secondary N) is 2. The molecule has 150 valence electrons. The summed E-state index contributed by atoms with van der Waals surface area (Å²) < 4.78 is 15.9. The summed E-state index contributed by atoms with van der Waals surface area (Å²) in [5.41, 5.74) is 1.29. The lowest BCUT2D eigenvalue weighted by Crippen LogP contribution is -2.24. The Bertz CT molecular complexity index is 810. The van der Waals surface area contributed by atoms with Gasteiger partial charge in [-0.05, 0) is 24.6 Å². The molecule has 0 aliphatic rings. The van der Waals surface area contributed by atoms with Crippen molar-refractivity contribution in [2.45, 2.75) is 19.8 Å². The third-order valence-corrected chi connectivity index (χ3v) is 4.13. The molecule has 0 spiro atoms. The van der Waals surface area contributed by atoms with Crippen LogP contribution in [0.25, 0.3) is 0 Å². The second kappa shape index (κ2) is 10.2. The Kier molecular flexibility index (Phi) is 7.68. The van der Waals surface area contributed by atoms with Gasteiger partial charge in [-0.2, -0.15) is 0 Å². The number of anilines is 1. The molecule has 0 saturated heterocycles. The van der Waals surface area contributed by atoms with Crippen molar-refractivity contribution < 1.29 is 23.8 Å². The predicted octanol–water partition coefficient (Wildman–Crippen LogP) is 3.49. The predicted molar refractivity (Wildman–Crippen MR) is 108 cm³/mol. The summed E-state index contributed by atoms with van der Waals surface area (Å²) in [6.07, 6.45) is 1.91. The molecule has 0 bridgehead atoms. The first-order chi connectivity index (χ1) is 13.5. The number of ether oxygens (including phenoxy) is 3. The van der Waals surface area contributed by atoms with Crippen LogP contribution in [0.5, 0.6) is 17.2 Å². The van der Waals surface area contributed by atoms with E-state index in [4.69, 9.17) is 14.2 Å². The second-order valence-electron chi connectivity index (χ2n) is 6.06. The molecule has 7 heteroatoms. The van der Waals surface area contributed by atoms with E-state index in [0.29, 0.717) is 40.6 Å². The zero-order chi connectivity index (χ0) is 20.5. The Morgan fingerprint density at radius 2 is 1.50 bits per heavy atom. The first kappa shape index (κ1) is 21.1. The fourth-order valence-corrected chi connectivity index (χ4v) is 2.64. The van der Waals surface area contributed by atoms with E-state index in [1.54, 1.807) is 36.4 Å². The smallest absolute Gasteiger partial charge is 0.255 e. The molecule has 0 fully saturated rings. The molecule has 2 rings (SSSR count). The topological polar surface area (TPSA) is 85.9 Å². The maximum atomic E-state index is 12.6. The first-order valence-electron chi connectivity index (χ1n) is 9.03. The highest BCUT2D eigenvalue weighted by Crippen LogP contribution is 2.40. The largest absolute Gasteiger partial charge is 0.493 e. The Labute approximate surface area is 165 Å². The monoisotopic (exact) mass is 386 g/mol. The Balaban J connectivity index is 2.19. The summed E-state index contributed by atoms with van der Waals surface area (Å²) in [6, 6.07) is 9.85. The zero-order valence-corrected chi connectivity index (χ0v) is 16.6. The fraction of sp³-hybridized carbons (Fsp3) is 0.333. The van der Waals surface area contributed by atoms with Gasteiger partial charge in [0.05, 0.1) is 21.3 Å². The molecule has 2 aromatic carbocycles. The molecule has 0 aromatic heterocycles. The van der Waals surface area contributed by atoms with Crippen molar-refractivity contribution in [3.05, 3.63) is 47.5 Å². The van der Waals surface area contributed by atoms with Gasteiger partial charge in [0.1, 0.15) is 0 Å². The molecule has 0 atom stereocenters. The molecule has 0 unspecified atom stereocenters. The molecule has 0 heterocycles. The summed E-state index contributed by atoms with van der Waals surface area (Å²) in [4.78, 5) is 24.8. The molecule has 7 nitrogen and oxygen atoms in total. The van der Waals surface area contributed by atoms with E-state index in [2.05, 4.69) is 17.6 Å². The van der Waals surface area contributed by atoms with Gasteiger partial charge in [0.2, 0.25) is 5.75 Å². The average Bonchev–Trinajstić information content (AvgIpc) is 2.73. The second-order valence-corrected chi connectivity index (χ2v) is 6.06. The van der Waals surface area contributed by atoms with Gasteiger partial charge >= 0.3 is 0 Å². The molecule has 0 aliphatic heterocycles. The Morgan fingerprint density at radius 3 is 2.04 bits per heavy atom. The van der Waals surface area contributed by atoms with Crippen molar-refractivity contribution >= 4 is 17.5 Å². The van der Waals surface area contributed by atoms with Gasteiger partial charge in [0.25, 0.3) is 11.8 Å². The van der Waals surface area contributed by atoms with Crippen molar-refractivity contribution in [2.24, 2.45) is 0 Å². The van der Waals surface area contributed by atoms with E-state index < -0.39 is 0 Å². The van der Waals surface area contributed by atoms with Crippen LogP contribution in [0.2, 0.25) is 0 Å². The maximum absolute atomic E-state index is 12.6. The minimum absolute atomic E-state index is 0.198. The standard InChI is InChI=1S/C21H26N2O5/c1-5-6-10-22-20(24)14-8-7-9-15(11-14)21(25)23-16-12-17(26-2)19(28-4)18(13-16)27-3/h7-9,11-13H,5-6,10H2,1-4H3,(H,22,24)(H,23,25). The molecule has 0 aliphatic carbocycles. The molecule has 2 aromatic rings. The van der Waals surface area contributed by atoms with Crippen molar-refractivity contribution in [3.8, 4) is 17.2 Å². The van der Waals surface area contributed by atoms with E-state index in [0.717, 1.165) is 12.8 Å². The van der Waals surface area contributed by atoms with Gasteiger partial charge in [-0.25, -0.2) is 0 Å². The van der Waals surface area contributed by atoms with Gasteiger partial charge in [-0.1, -0.05) is 19.4 Å². The summed E-state index contributed by atoms with van der Waals surface area (Å²) in [5, 5.41) is 5.63. The summed E-state index contributed by atoms with van der Waals surface area (Å²) in [5.74, 6) is 0.754. The van der Waals surface area contributed by atoms with Crippen molar-refractivity contribution in [1.82, 2.24) is 5.32 Å². The van der Waals surface area contributed by atoms with E-state index >= 15 is 0 Å². The minimum Gasteiger partial charge on any atom is -0.493 e. The van der Waals surface area contributed by atoms with Gasteiger partial charge in [-0.15, -0.1) is 0 Å². The zero-order valence-electron chi connectivity index (χ0n) is 16.6. The summed E-state index contributed by atoms with van der Waals surface area (Å²) in [7, 11) is 4.52. The Morgan fingerprint density at radius 1 is 0.893 bits per heavy atom. The highest BCUT2D eigenvalue weighted by atomic mass is 16.5. The van der Waals surface area contributed by atoms with Crippen molar-refractivity contribution in [3.63, 3.8) is 0 Å². The van der Waals surface area contributed by atoms with E-state index in [9.17, 15) is 9.59 Å². The van der Waals surface area contributed by atoms with Gasteiger partial charge in [-0.3, -0.25) is 9.59 Å². The fourth-order valence-electron chi connectivity index (χ4n) is 2.64. The van der Waals surface area contributed by atoms with Crippen LogP contribution in [0.4, 0.5) is 5.69 Å². The van der Waals surface area contributed by atoms with Crippen LogP contribution in [0, 0.1) is 0 Å². The van der Waals surface area contributed by atoms with Crippen LogP contribution in [0.15, 0.2) is 36.4 Å². The first-order valence-corrected chi connectivity index (χ1v) is 9.03. The molecule has 2 amide bonds. The highest BCUT2D eigenvalue weighted by Gasteiger charge is 2.16. The van der Waals surface area contributed by atoms with E-state index in [1.165, 1.54) is 21.3 Å². The van der Waals surface area contributed by atoms with Crippen LogP contribution >= 0.6 is 0 Å². The molecule has 2 N–H and O–H groups in total. The number of unbranched alkanes of at least 4 members (excludes halogenated alkanes) is 1. The number of amides is 2. The molecular formula is C21H26N2O5. The van der Waals surface area contributed by atoms with E-state index in [-0.39, 0.29) is 11.8 Å². The van der Waals surface area contributed by atoms with Crippen molar-refractivity contribution in [1.29, 1.82) is 0 Å². The lowest BCUT2D eigenvalue weighted by molar-refractivity contribution is 0.0953. The SMILES string of the molecule is CCCCNC(=O)c1cccc(C(=O)Nc2cc(OC)c(OC)c(OC)c2)c1. The van der Waals surface area contributed by atoms with Crippen LogP contribution in [0.1, 0.15) is 40.5 Å². The summed E-state index contributed by atoms with van der Waals surface area (Å²) in [6.45, 7) is 2.66. The number of carbonyl (C=O) groups is 2. The quantitative estimate of drug-likeness (QED) is 0.644. The van der Waals surface area contributed by atoms with Gasteiger partial charge < -0.3 is 24.8 Å². The Hall–Kier alpha value is -3.22. The number of methoxy groups -OCH3 is 3. The number of benzene rings is 2. The number of hydrogen-bond donors (Lipinski definition) is 2. The average molecular weight is 386 g/mol. The van der Waals surface area contributed by atoms with Crippen LogP contribution < -0.4 is 24.8 Å². The lowest BCUT2D eigenvalue weighted by atomic mass is 10.1. The summed E-state index contributed by atoms with van der Waals surface area (Å²) >= 11 is 0. The van der Waals surface area contributed by atoms with Crippen LogP contribution in [-0.4, -0.2) is 39.7 Å². The van der Waals surface area contributed by atoms with Gasteiger partial charge in [0, 0.05) is 35.5 Å². The number of hydrogen-bond acceptors (Lipinski definition) is 5. The van der Waals surface area contributed by atoms with Crippen LogP contribution in [-0.2, 0) is 0 Å². The normalized spacial score (nSPS) is 10.1. The molecule has 0 saturated carbocycles. The van der Waals surface area contributed by atoms with Gasteiger partial charge in [0.15, 0.2) is 11.5 Å². The highest BCUT2D eigenvalue weighted by molar-refractivity contribution is 6.06.